The Bertz CT molecular complexity index is 760. The van der Waals surface area contributed by atoms with Crippen LogP contribution in [0.3, 0.4) is 0 Å². The zero-order valence-corrected chi connectivity index (χ0v) is 17.7. The van der Waals surface area contributed by atoms with E-state index in [0.717, 1.165) is 6.07 Å². The van der Waals surface area contributed by atoms with E-state index in [0.29, 0.717) is 59.0 Å². The molecule has 2 aliphatic rings. The maximum atomic E-state index is 13.2. The van der Waals surface area contributed by atoms with Crippen LogP contribution in [-0.4, -0.2) is 104 Å². The summed E-state index contributed by atoms with van der Waals surface area (Å²) < 4.78 is 44.8. The second kappa shape index (κ2) is 10.4. The zero-order chi connectivity index (χ0) is 22.4. The summed E-state index contributed by atoms with van der Waals surface area (Å²) in [6, 6.07) is 5.43. The number of carbonyl (C=O) groups is 2. The molecule has 7 nitrogen and oxygen atoms in total. The molecule has 1 aromatic carbocycles. The molecule has 0 spiro atoms. The lowest BCUT2D eigenvalue weighted by Gasteiger charge is -2.36. The fourth-order valence-corrected chi connectivity index (χ4v) is 3.87. The van der Waals surface area contributed by atoms with Gasteiger partial charge in [0, 0.05) is 45.8 Å². The number of benzene rings is 1. The maximum absolute atomic E-state index is 13.2. The van der Waals surface area contributed by atoms with Gasteiger partial charge in [-0.25, -0.2) is 0 Å². The topological polar surface area (TPSA) is 56.3 Å². The van der Waals surface area contributed by atoms with Crippen molar-refractivity contribution in [3.8, 4) is 0 Å². The summed E-state index contributed by atoms with van der Waals surface area (Å²) in [5.74, 6) is -0.0442. The van der Waals surface area contributed by atoms with Crippen LogP contribution in [0.2, 0.25) is 0 Å². The van der Waals surface area contributed by atoms with Gasteiger partial charge < -0.3 is 14.5 Å². The summed E-state index contributed by atoms with van der Waals surface area (Å²) >= 11 is 0. The van der Waals surface area contributed by atoms with Crippen LogP contribution in [0, 0.1) is 0 Å². The third-order valence-corrected chi connectivity index (χ3v) is 5.62. The molecule has 31 heavy (non-hydrogen) atoms. The Morgan fingerprint density at radius 3 is 2.23 bits per heavy atom. The molecule has 1 aromatic rings. The first-order chi connectivity index (χ1) is 14.7. The smallest absolute Gasteiger partial charge is 0.378 e. The number of halogens is 3. The lowest BCUT2D eigenvalue weighted by atomic mass is 10.1. The number of amides is 2. The minimum Gasteiger partial charge on any atom is -0.378 e. The number of hydrogen-bond acceptors (Lipinski definition) is 5. The number of carbonyl (C=O) groups excluding carboxylic acids is 2. The summed E-state index contributed by atoms with van der Waals surface area (Å²) in [6.45, 7) is 4.96. The van der Waals surface area contributed by atoms with Crippen LogP contribution in [0.25, 0.3) is 0 Å². The molecule has 0 saturated carbocycles. The first-order valence-corrected chi connectivity index (χ1v) is 10.4. The van der Waals surface area contributed by atoms with Crippen LogP contribution in [-0.2, 0) is 27.0 Å². The van der Waals surface area contributed by atoms with Crippen molar-refractivity contribution in [3.63, 3.8) is 0 Å². The first-order valence-electron chi connectivity index (χ1n) is 10.4. The zero-order valence-electron chi connectivity index (χ0n) is 17.7. The van der Waals surface area contributed by atoms with Crippen molar-refractivity contribution in [3.05, 3.63) is 35.4 Å². The van der Waals surface area contributed by atoms with Gasteiger partial charge in [-0.2, -0.15) is 13.2 Å². The van der Waals surface area contributed by atoms with Crippen LogP contribution in [0.4, 0.5) is 13.2 Å². The van der Waals surface area contributed by atoms with Gasteiger partial charge in [0.05, 0.1) is 31.9 Å². The maximum Gasteiger partial charge on any atom is 0.416 e. The molecule has 0 N–H and O–H groups in total. The molecule has 0 aliphatic carbocycles. The first kappa shape index (κ1) is 23.5. The van der Waals surface area contributed by atoms with Crippen molar-refractivity contribution in [1.29, 1.82) is 0 Å². The number of alkyl halides is 3. The van der Waals surface area contributed by atoms with E-state index < -0.39 is 11.7 Å². The Morgan fingerprint density at radius 1 is 0.968 bits per heavy atom. The number of likely N-dealkylation sites (N-methyl/N-ethyl adjacent to an activating group) is 1. The van der Waals surface area contributed by atoms with Crippen molar-refractivity contribution in [2.75, 3.05) is 72.6 Å². The third kappa shape index (κ3) is 6.65. The highest BCUT2D eigenvalue weighted by atomic mass is 19.4. The number of morpholine rings is 1. The van der Waals surface area contributed by atoms with Gasteiger partial charge in [0.2, 0.25) is 11.8 Å². The molecule has 0 bridgehead atoms. The van der Waals surface area contributed by atoms with E-state index in [1.807, 2.05) is 4.90 Å². The Hall–Kier alpha value is -2.17. The van der Waals surface area contributed by atoms with Crippen LogP contribution >= 0.6 is 0 Å². The molecule has 2 fully saturated rings. The van der Waals surface area contributed by atoms with Crippen molar-refractivity contribution >= 4 is 11.8 Å². The van der Waals surface area contributed by atoms with Crippen LogP contribution in [0.5, 0.6) is 0 Å². The normalized spacial score (nSPS) is 18.5. The largest absolute Gasteiger partial charge is 0.416 e. The minimum atomic E-state index is -4.42. The lowest BCUT2D eigenvalue weighted by molar-refractivity contribution is -0.138. The van der Waals surface area contributed by atoms with E-state index in [-0.39, 0.29) is 30.5 Å². The molecule has 0 unspecified atom stereocenters. The number of rotatable bonds is 6. The van der Waals surface area contributed by atoms with Crippen molar-refractivity contribution in [2.24, 2.45) is 0 Å². The Kier molecular flexibility index (Phi) is 7.90. The van der Waals surface area contributed by atoms with E-state index in [4.69, 9.17) is 4.74 Å². The predicted octanol–water partition coefficient (Wildman–Crippen LogP) is 1.14. The second-order valence-electron chi connectivity index (χ2n) is 7.98. The summed E-state index contributed by atoms with van der Waals surface area (Å²) in [7, 11) is 1.64. The molecule has 2 aliphatic heterocycles. The highest BCUT2D eigenvalue weighted by molar-refractivity contribution is 5.79. The van der Waals surface area contributed by atoms with E-state index in [1.165, 1.54) is 12.1 Å². The van der Waals surface area contributed by atoms with Gasteiger partial charge in [0.25, 0.3) is 0 Å². The van der Waals surface area contributed by atoms with Gasteiger partial charge >= 0.3 is 6.18 Å². The molecule has 2 amide bonds. The minimum absolute atomic E-state index is 0.0371. The monoisotopic (exact) mass is 442 g/mol. The standard InChI is InChI=1S/C21H29F3N4O3/c1-25(14-17-4-2-3-5-18(17)21(22,23)24)15-19(29)27-8-6-26(7-9-27)16-20(30)28-10-12-31-13-11-28/h2-5H,6-16H2,1H3. The van der Waals surface area contributed by atoms with Gasteiger partial charge in [-0.15, -0.1) is 0 Å². The lowest BCUT2D eigenvalue weighted by Crippen LogP contribution is -2.53. The number of piperazine rings is 1. The highest BCUT2D eigenvalue weighted by Crippen LogP contribution is 2.32. The van der Waals surface area contributed by atoms with Crippen molar-refractivity contribution < 1.29 is 27.5 Å². The summed E-state index contributed by atoms with van der Waals surface area (Å²) in [5, 5.41) is 0. The summed E-state index contributed by atoms with van der Waals surface area (Å²) in [6.07, 6.45) is -4.42. The molecular formula is C21H29F3N4O3. The Balaban J connectivity index is 1.44. The molecule has 172 valence electrons. The van der Waals surface area contributed by atoms with E-state index in [9.17, 15) is 22.8 Å². The van der Waals surface area contributed by atoms with Gasteiger partial charge in [-0.3, -0.25) is 19.4 Å². The fraction of sp³-hybridized carbons (Fsp3) is 0.619. The Labute approximate surface area is 180 Å². The highest BCUT2D eigenvalue weighted by Gasteiger charge is 2.33. The SMILES string of the molecule is CN(CC(=O)N1CCN(CC(=O)N2CCOCC2)CC1)Cc1ccccc1C(F)(F)F. The van der Waals surface area contributed by atoms with Gasteiger partial charge in [0.1, 0.15) is 0 Å². The van der Waals surface area contributed by atoms with Crippen molar-refractivity contribution in [2.45, 2.75) is 12.7 Å². The number of nitrogens with zero attached hydrogens (tertiary/aromatic N) is 4. The molecule has 10 heteroatoms. The molecular weight excluding hydrogens is 413 g/mol. The fourth-order valence-electron chi connectivity index (χ4n) is 3.87. The average molecular weight is 442 g/mol. The van der Waals surface area contributed by atoms with E-state index in [1.54, 1.807) is 27.8 Å². The Morgan fingerprint density at radius 2 is 1.58 bits per heavy atom. The predicted molar refractivity (Wildman–Crippen MR) is 108 cm³/mol. The molecule has 0 atom stereocenters. The van der Waals surface area contributed by atoms with Crippen LogP contribution in [0.15, 0.2) is 24.3 Å². The van der Waals surface area contributed by atoms with Gasteiger partial charge in [-0.1, -0.05) is 18.2 Å². The molecule has 2 saturated heterocycles. The number of ether oxygens (including phenoxy) is 1. The third-order valence-electron chi connectivity index (χ3n) is 5.62. The van der Waals surface area contributed by atoms with Crippen LogP contribution in [0.1, 0.15) is 11.1 Å². The quantitative estimate of drug-likeness (QED) is 0.662. The van der Waals surface area contributed by atoms with Gasteiger partial charge in [0.15, 0.2) is 0 Å². The van der Waals surface area contributed by atoms with Gasteiger partial charge in [-0.05, 0) is 18.7 Å². The number of hydrogen-bond donors (Lipinski definition) is 0. The average Bonchev–Trinajstić information content (AvgIpc) is 2.74. The van der Waals surface area contributed by atoms with Crippen molar-refractivity contribution in [1.82, 2.24) is 19.6 Å². The molecule has 2 heterocycles. The molecule has 3 rings (SSSR count). The van der Waals surface area contributed by atoms with E-state index >= 15 is 0 Å². The summed E-state index contributed by atoms with van der Waals surface area (Å²) in [4.78, 5) is 32.1. The summed E-state index contributed by atoms with van der Waals surface area (Å²) in [5.41, 5.74) is -0.524. The van der Waals surface area contributed by atoms with Crippen LogP contribution < -0.4 is 0 Å². The molecule has 0 radical (unpaired) electrons. The second-order valence-corrected chi connectivity index (χ2v) is 7.98. The molecule has 0 aromatic heterocycles. The van der Waals surface area contributed by atoms with E-state index in [2.05, 4.69) is 0 Å².